The van der Waals surface area contributed by atoms with Gasteiger partial charge in [0.05, 0.1) is 0 Å². The molecule has 1 heterocycles. The predicted octanol–water partition coefficient (Wildman–Crippen LogP) is 0.333. The third kappa shape index (κ3) is 9.43. The minimum absolute atomic E-state index is 0.181. The Balaban J connectivity index is 0.000000183. The van der Waals surface area contributed by atoms with Crippen LogP contribution in [-0.2, 0) is 9.53 Å². The third-order valence-corrected chi connectivity index (χ3v) is 1.28. The van der Waals surface area contributed by atoms with E-state index >= 15 is 0 Å². The quantitative estimate of drug-likeness (QED) is 0.583. The van der Waals surface area contributed by atoms with Crippen LogP contribution in [0.5, 0.6) is 0 Å². The van der Waals surface area contributed by atoms with E-state index in [-0.39, 0.29) is 6.42 Å². The second-order valence-corrected chi connectivity index (χ2v) is 2.44. The fourth-order valence-electron chi connectivity index (χ4n) is 0.714. The molecule has 0 aromatic rings. The highest BCUT2D eigenvalue weighted by Gasteiger charge is 1.94. The summed E-state index contributed by atoms with van der Waals surface area (Å²) in [4.78, 5) is 9.49. The van der Waals surface area contributed by atoms with E-state index in [2.05, 4.69) is 0 Å². The molecule has 0 aromatic carbocycles. The van der Waals surface area contributed by atoms with Crippen LogP contribution in [0.25, 0.3) is 0 Å². The van der Waals surface area contributed by atoms with Gasteiger partial charge in [-0.15, -0.1) is 0 Å². The highest BCUT2D eigenvalue weighted by Crippen LogP contribution is 1.98. The van der Waals surface area contributed by atoms with Crippen LogP contribution in [0.2, 0.25) is 0 Å². The van der Waals surface area contributed by atoms with Gasteiger partial charge in [0.25, 0.3) is 0 Å². The normalized spacial score (nSPS) is 15.4. The van der Waals surface area contributed by atoms with Gasteiger partial charge in [0.15, 0.2) is 0 Å². The van der Waals surface area contributed by atoms with Gasteiger partial charge in [0.1, 0.15) is 0 Å². The number of carboxylic acid groups (broad SMARTS) is 1. The largest absolute Gasteiger partial charge is 0.550 e. The van der Waals surface area contributed by atoms with Crippen molar-refractivity contribution in [2.75, 3.05) is 13.2 Å². The van der Waals surface area contributed by atoms with Crippen LogP contribution in [-0.4, -0.2) is 19.2 Å². The number of aliphatic carboxylic acids is 1. The van der Waals surface area contributed by atoms with E-state index in [4.69, 9.17) is 4.74 Å². The van der Waals surface area contributed by atoms with Crippen LogP contribution in [0, 0.1) is 0 Å². The zero-order chi connectivity index (χ0) is 8.53. The van der Waals surface area contributed by atoms with Crippen LogP contribution in [0.4, 0.5) is 0 Å². The van der Waals surface area contributed by atoms with Gasteiger partial charge in [-0.3, -0.25) is 0 Å². The molecule has 0 N–H and O–H groups in total. The molecule has 0 bridgehead atoms. The highest BCUT2D eigenvalue weighted by atomic mass is 16.5. The molecule has 0 saturated carbocycles. The Labute approximate surface area is 67.4 Å². The predicted molar refractivity (Wildman–Crippen MR) is 40.0 cm³/mol. The third-order valence-electron chi connectivity index (χ3n) is 1.28. The first-order valence-electron chi connectivity index (χ1n) is 4.05. The molecule has 3 heteroatoms. The van der Waals surface area contributed by atoms with Crippen molar-refractivity contribution in [3.8, 4) is 0 Å². The zero-order valence-corrected chi connectivity index (χ0v) is 6.97. The van der Waals surface area contributed by atoms with Crippen molar-refractivity contribution in [2.45, 2.75) is 32.6 Å². The molecule has 11 heavy (non-hydrogen) atoms. The summed E-state index contributed by atoms with van der Waals surface area (Å²) >= 11 is 0. The van der Waals surface area contributed by atoms with Gasteiger partial charge in [-0.2, -0.15) is 0 Å². The van der Waals surface area contributed by atoms with Crippen molar-refractivity contribution in [1.82, 2.24) is 0 Å². The van der Waals surface area contributed by atoms with Crippen LogP contribution in [0.15, 0.2) is 0 Å². The minimum Gasteiger partial charge on any atom is -0.550 e. The maximum absolute atomic E-state index is 9.49. The van der Waals surface area contributed by atoms with Crippen molar-refractivity contribution in [3.63, 3.8) is 0 Å². The maximum atomic E-state index is 9.49. The summed E-state index contributed by atoms with van der Waals surface area (Å²) in [5.41, 5.74) is 0. The van der Waals surface area contributed by atoms with Gasteiger partial charge in [0.2, 0.25) is 0 Å². The van der Waals surface area contributed by atoms with E-state index in [1.807, 2.05) is 0 Å². The van der Waals surface area contributed by atoms with Crippen molar-refractivity contribution >= 4 is 5.97 Å². The highest BCUT2D eigenvalue weighted by molar-refractivity contribution is 5.63. The second-order valence-electron chi connectivity index (χ2n) is 2.44. The molecular weight excluding hydrogens is 144 g/mol. The first kappa shape index (κ1) is 10.4. The molecule has 0 spiro atoms. The number of hydrogen-bond acceptors (Lipinski definition) is 3. The molecule has 1 rings (SSSR count). The summed E-state index contributed by atoms with van der Waals surface area (Å²) in [7, 11) is 0. The molecule has 0 unspecified atom stereocenters. The lowest BCUT2D eigenvalue weighted by molar-refractivity contribution is -0.305. The number of carboxylic acids is 1. The number of ether oxygens (including phenoxy) is 1. The lowest BCUT2D eigenvalue weighted by Crippen LogP contribution is -2.20. The van der Waals surface area contributed by atoms with Gasteiger partial charge >= 0.3 is 0 Å². The molecule has 0 aliphatic carbocycles. The van der Waals surface area contributed by atoms with Gasteiger partial charge in [0, 0.05) is 19.2 Å². The minimum atomic E-state index is -0.961. The molecular formula is C8H15O3-. The molecule has 0 amide bonds. The molecule has 66 valence electrons. The Hall–Kier alpha value is -0.570. The van der Waals surface area contributed by atoms with Crippen LogP contribution >= 0.6 is 0 Å². The number of carbonyl (C=O) groups excluding carboxylic acids is 1. The maximum Gasteiger partial charge on any atom is 0.0466 e. The van der Waals surface area contributed by atoms with E-state index in [1.54, 1.807) is 6.92 Å². The summed E-state index contributed by atoms with van der Waals surface area (Å²) in [6.07, 6.45) is 3.41. The average molecular weight is 159 g/mol. The average Bonchev–Trinajstić information content (AvgIpc) is 2.41. The number of rotatable bonds is 2. The smallest absolute Gasteiger partial charge is 0.0466 e. The number of carbonyl (C=O) groups is 1. The summed E-state index contributed by atoms with van der Waals surface area (Å²) < 4.78 is 4.94. The summed E-state index contributed by atoms with van der Waals surface area (Å²) in [6, 6.07) is 0. The van der Waals surface area contributed by atoms with Gasteiger partial charge in [-0.05, 0) is 19.3 Å². The Morgan fingerprint density at radius 1 is 1.45 bits per heavy atom. The van der Waals surface area contributed by atoms with Gasteiger partial charge in [-0.25, -0.2) is 0 Å². The molecule has 1 aliphatic rings. The van der Waals surface area contributed by atoms with Crippen LogP contribution in [0.1, 0.15) is 32.6 Å². The first-order valence-corrected chi connectivity index (χ1v) is 4.05. The SMILES string of the molecule is C1CCOC1.CCCC(=O)[O-]. The van der Waals surface area contributed by atoms with Crippen molar-refractivity contribution in [2.24, 2.45) is 0 Å². The zero-order valence-electron chi connectivity index (χ0n) is 6.97. The Kier molecular flexibility index (Phi) is 7.15. The van der Waals surface area contributed by atoms with Crippen molar-refractivity contribution in [1.29, 1.82) is 0 Å². The van der Waals surface area contributed by atoms with Gasteiger partial charge < -0.3 is 14.6 Å². The van der Waals surface area contributed by atoms with E-state index < -0.39 is 5.97 Å². The van der Waals surface area contributed by atoms with Crippen molar-refractivity contribution in [3.05, 3.63) is 0 Å². The fourth-order valence-corrected chi connectivity index (χ4v) is 0.714. The summed E-state index contributed by atoms with van der Waals surface area (Å²) in [6.45, 7) is 3.80. The molecule has 1 fully saturated rings. The van der Waals surface area contributed by atoms with Gasteiger partial charge in [-0.1, -0.05) is 13.3 Å². The van der Waals surface area contributed by atoms with Crippen molar-refractivity contribution < 1.29 is 14.6 Å². The molecule has 0 radical (unpaired) electrons. The lowest BCUT2D eigenvalue weighted by atomic mass is 10.4. The molecule has 0 atom stereocenters. The summed E-state index contributed by atoms with van der Waals surface area (Å²) in [5.74, 6) is -0.961. The Morgan fingerprint density at radius 2 is 2.00 bits per heavy atom. The standard InChI is InChI=1S/C4H8O2.C4H8O/c1-2-3-4(5)6;1-2-4-5-3-1/h2-3H2,1H3,(H,5,6);1-4H2/p-1. The first-order chi connectivity index (χ1) is 5.27. The molecule has 0 aromatic heterocycles. The number of hydrogen-bond donors (Lipinski definition) is 0. The fraction of sp³-hybridized carbons (Fsp3) is 0.875. The topological polar surface area (TPSA) is 49.4 Å². The second kappa shape index (κ2) is 7.54. The van der Waals surface area contributed by atoms with E-state index in [0.29, 0.717) is 6.42 Å². The monoisotopic (exact) mass is 159 g/mol. The molecule has 3 nitrogen and oxygen atoms in total. The van der Waals surface area contributed by atoms with E-state index in [0.717, 1.165) is 13.2 Å². The van der Waals surface area contributed by atoms with Crippen LogP contribution < -0.4 is 5.11 Å². The molecule has 1 saturated heterocycles. The molecule has 1 aliphatic heterocycles. The Morgan fingerprint density at radius 3 is 2.09 bits per heavy atom. The lowest BCUT2D eigenvalue weighted by Gasteiger charge is -1.92. The Bertz CT molecular complexity index is 89.9. The van der Waals surface area contributed by atoms with E-state index in [1.165, 1.54) is 12.8 Å². The van der Waals surface area contributed by atoms with E-state index in [9.17, 15) is 9.90 Å². The summed E-state index contributed by atoms with van der Waals surface area (Å²) in [5, 5.41) is 9.49. The van der Waals surface area contributed by atoms with Crippen LogP contribution in [0.3, 0.4) is 0 Å².